The van der Waals surface area contributed by atoms with E-state index < -0.39 is 10.0 Å². The lowest BCUT2D eigenvalue weighted by Crippen LogP contribution is -2.28. The van der Waals surface area contributed by atoms with Crippen molar-refractivity contribution in [2.75, 3.05) is 38.3 Å². The summed E-state index contributed by atoms with van der Waals surface area (Å²) in [5, 5.41) is 2.75. The van der Waals surface area contributed by atoms with E-state index in [-0.39, 0.29) is 29.5 Å². The maximum atomic E-state index is 11.5. The quantitative estimate of drug-likeness (QED) is 0.769. The molecule has 0 aliphatic rings. The van der Waals surface area contributed by atoms with Gasteiger partial charge < -0.3 is 10.1 Å². The smallest absolute Gasteiger partial charge is 0.322 e. The maximum Gasteiger partial charge on any atom is 0.322 e. The van der Waals surface area contributed by atoms with Crippen LogP contribution in [0.5, 0.6) is 6.01 Å². The first kappa shape index (κ1) is 15.9. The second-order valence-electron chi connectivity index (χ2n) is 3.67. The van der Waals surface area contributed by atoms with Crippen LogP contribution < -0.4 is 10.1 Å². The highest BCUT2D eigenvalue weighted by molar-refractivity contribution is 7.89. The normalized spacial score (nSPS) is 11.6. The first-order valence-electron chi connectivity index (χ1n) is 5.53. The van der Waals surface area contributed by atoms with Crippen molar-refractivity contribution < 1.29 is 13.2 Å². The third-order valence-corrected chi connectivity index (χ3v) is 4.06. The molecular formula is C9H16ClN5O3S. The van der Waals surface area contributed by atoms with Crippen molar-refractivity contribution in [3.63, 3.8) is 0 Å². The summed E-state index contributed by atoms with van der Waals surface area (Å²) in [6, 6.07) is 0.0977. The number of nitrogens with one attached hydrogen (secondary N) is 1. The number of rotatable bonds is 7. The average molecular weight is 310 g/mol. The second kappa shape index (κ2) is 6.83. The van der Waals surface area contributed by atoms with Crippen LogP contribution in [0.15, 0.2) is 0 Å². The molecule has 1 heterocycles. The molecule has 108 valence electrons. The van der Waals surface area contributed by atoms with Gasteiger partial charge in [0.2, 0.25) is 21.3 Å². The molecule has 0 amide bonds. The number of nitrogens with zero attached hydrogens (tertiary/aromatic N) is 4. The highest BCUT2D eigenvalue weighted by Crippen LogP contribution is 2.11. The molecular weight excluding hydrogens is 294 g/mol. The number of sulfonamides is 1. The molecule has 1 N–H and O–H groups in total. The van der Waals surface area contributed by atoms with E-state index in [0.717, 1.165) is 4.31 Å². The Morgan fingerprint density at radius 2 is 2.00 bits per heavy atom. The standard InChI is InChI=1S/C9H16ClN5O3S/c1-4-18-9-13-7(10)12-8(14-9)11-5-6-19(16,17)15(2)3/h4-6H2,1-3H3,(H,11,12,13,14). The number of anilines is 1. The monoisotopic (exact) mass is 309 g/mol. The van der Waals surface area contributed by atoms with Crippen LogP contribution in [0.25, 0.3) is 0 Å². The van der Waals surface area contributed by atoms with E-state index >= 15 is 0 Å². The van der Waals surface area contributed by atoms with E-state index in [0.29, 0.717) is 6.61 Å². The highest BCUT2D eigenvalue weighted by Gasteiger charge is 2.13. The zero-order valence-electron chi connectivity index (χ0n) is 10.9. The Hall–Kier alpha value is -1.19. The summed E-state index contributed by atoms with van der Waals surface area (Å²) in [7, 11) is -0.314. The van der Waals surface area contributed by atoms with Crippen molar-refractivity contribution in [3.05, 3.63) is 5.28 Å². The molecule has 10 heteroatoms. The molecule has 0 aliphatic carbocycles. The molecule has 0 unspecified atom stereocenters. The van der Waals surface area contributed by atoms with E-state index in [2.05, 4.69) is 20.3 Å². The summed E-state index contributed by atoms with van der Waals surface area (Å²) in [6.07, 6.45) is 0. The van der Waals surface area contributed by atoms with Gasteiger partial charge in [-0.1, -0.05) is 0 Å². The highest BCUT2D eigenvalue weighted by atomic mass is 35.5. The number of hydrogen-bond acceptors (Lipinski definition) is 7. The van der Waals surface area contributed by atoms with Crippen LogP contribution in [0.3, 0.4) is 0 Å². The van der Waals surface area contributed by atoms with Crippen LogP contribution in [0.1, 0.15) is 6.92 Å². The Morgan fingerprint density at radius 1 is 1.32 bits per heavy atom. The van der Waals surface area contributed by atoms with Crippen molar-refractivity contribution >= 4 is 27.6 Å². The van der Waals surface area contributed by atoms with Gasteiger partial charge in [-0.05, 0) is 18.5 Å². The van der Waals surface area contributed by atoms with Gasteiger partial charge in [-0.15, -0.1) is 0 Å². The molecule has 19 heavy (non-hydrogen) atoms. The van der Waals surface area contributed by atoms with Crippen LogP contribution >= 0.6 is 11.6 Å². The molecule has 0 radical (unpaired) electrons. The van der Waals surface area contributed by atoms with Gasteiger partial charge in [-0.3, -0.25) is 0 Å². The zero-order valence-corrected chi connectivity index (χ0v) is 12.5. The Balaban J connectivity index is 2.63. The molecule has 0 saturated heterocycles. The lowest BCUT2D eigenvalue weighted by atomic mass is 10.7. The van der Waals surface area contributed by atoms with Gasteiger partial charge in [0.15, 0.2) is 0 Å². The lowest BCUT2D eigenvalue weighted by Gasteiger charge is -2.11. The molecule has 1 aromatic heterocycles. The minimum atomic E-state index is -3.26. The topological polar surface area (TPSA) is 97.3 Å². The van der Waals surface area contributed by atoms with Crippen LogP contribution in [-0.2, 0) is 10.0 Å². The number of ether oxygens (including phenoxy) is 1. The SMILES string of the molecule is CCOc1nc(Cl)nc(NCCS(=O)(=O)N(C)C)n1. The first-order valence-corrected chi connectivity index (χ1v) is 7.52. The Morgan fingerprint density at radius 3 is 2.58 bits per heavy atom. The van der Waals surface area contributed by atoms with E-state index in [4.69, 9.17) is 16.3 Å². The van der Waals surface area contributed by atoms with Gasteiger partial charge >= 0.3 is 6.01 Å². The molecule has 8 nitrogen and oxygen atoms in total. The third-order valence-electron chi connectivity index (χ3n) is 2.06. The summed E-state index contributed by atoms with van der Waals surface area (Å²) in [6.45, 7) is 2.34. The third kappa shape index (κ3) is 5.13. The van der Waals surface area contributed by atoms with Gasteiger partial charge in [0.1, 0.15) is 0 Å². The number of halogens is 1. The van der Waals surface area contributed by atoms with Crippen LogP contribution in [-0.4, -0.2) is 60.7 Å². The summed E-state index contributed by atoms with van der Waals surface area (Å²) in [5.74, 6) is 0.102. The zero-order chi connectivity index (χ0) is 14.5. The Labute approximate surface area is 117 Å². The predicted octanol–water partition coefficient (Wildman–Crippen LogP) is 0.227. The molecule has 0 atom stereocenters. The second-order valence-corrected chi connectivity index (χ2v) is 6.31. The van der Waals surface area contributed by atoms with Crippen LogP contribution in [0.2, 0.25) is 5.28 Å². The molecule has 0 spiro atoms. The van der Waals surface area contributed by atoms with Crippen molar-refractivity contribution in [1.29, 1.82) is 0 Å². The summed E-state index contributed by atoms with van der Waals surface area (Å²) in [5.41, 5.74) is 0. The van der Waals surface area contributed by atoms with Gasteiger partial charge in [0.25, 0.3) is 0 Å². The summed E-state index contributed by atoms with van der Waals surface area (Å²) >= 11 is 5.70. The van der Waals surface area contributed by atoms with Crippen molar-refractivity contribution in [2.45, 2.75) is 6.92 Å². The van der Waals surface area contributed by atoms with E-state index in [1.807, 2.05) is 0 Å². The van der Waals surface area contributed by atoms with Gasteiger partial charge in [-0.25, -0.2) is 12.7 Å². The van der Waals surface area contributed by atoms with E-state index in [1.54, 1.807) is 6.92 Å². The van der Waals surface area contributed by atoms with Crippen LogP contribution in [0.4, 0.5) is 5.95 Å². The summed E-state index contributed by atoms with van der Waals surface area (Å²) < 4.78 is 29.3. The number of hydrogen-bond donors (Lipinski definition) is 1. The largest absolute Gasteiger partial charge is 0.464 e. The fourth-order valence-electron chi connectivity index (χ4n) is 1.08. The summed E-state index contributed by atoms with van der Waals surface area (Å²) in [4.78, 5) is 11.5. The van der Waals surface area contributed by atoms with Crippen molar-refractivity contribution in [1.82, 2.24) is 19.3 Å². The van der Waals surface area contributed by atoms with Gasteiger partial charge in [-0.2, -0.15) is 15.0 Å². The molecule has 0 fully saturated rings. The Bertz CT molecular complexity index is 523. The van der Waals surface area contributed by atoms with Crippen LogP contribution in [0, 0.1) is 0 Å². The average Bonchev–Trinajstić information content (AvgIpc) is 2.28. The molecule has 0 aliphatic heterocycles. The first-order chi connectivity index (χ1) is 8.85. The van der Waals surface area contributed by atoms with E-state index in [9.17, 15) is 8.42 Å². The maximum absolute atomic E-state index is 11.5. The van der Waals surface area contributed by atoms with Crippen molar-refractivity contribution in [3.8, 4) is 6.01 Å². The molecule has 0 aromatic carbocycles. The minimum Gasteiger partial charge on any atom is -0.464 e. The lowest BCUT2D eigenvalue weighted by molar-refractivity contribution is 0.312. The minimum absolute atomic E-state index is 0.0172. The molecule has 1 rings (SSSR count). The fraction of sp³-hybridized carbons (Fsp3) is 0.667. The van der Waals surface area contributed by atoms with Crippen molar-refractivity contribution in [2.24, 2.45) is 0 Å². The molecule has 0 saturated carbocycles. The van der Waals surface area contributed by atoms with E-state index in [1.165, 1.54) is 14.1 Å². The molecule has 0 bridgehead atoms. The predicted molar refractivity (Wildman–Crippen MR) is 72.0 cm³/mol. The number of aromatic nitrogens is 3. The van der Waals surface area contributed by atoms with Gasteiger partial charge in [0.05, 0.1) is 12.4 Å². The Kier molecular flexibility index (Phi) is 5.70. The molecule has 1 aromatic rings. The van der Waals surface area contributed by atoms with Gasteiger partial charge in [0, 0.05) is 20.6 Å². The fourth-order valence-corrected chi connectivity index (χ4v) is 1.96.